The van der Waals surface area contributed by atoms with Crippen molar-refractivity contribution in [2.75, 3.05) is 44.6 Å². The van der Waals surface area contributed by atoms with Crippen molar-refractivity contribution in [3.8, 4) is 5.75 Å². The quantitative estimate of drug-likeness (QED) is 0.240. The monoisotopic (exact) mass is 615 g/mol. The van der Waals surface area contributed by atoms with Gasteiger partial charge in [-0.25, -0.2) is 14.6 Å². The Hall–Kier alpha value is -5.15. The molecule has 0 aliphatic carbocycles. The molecular formula is C29H28F3N5O7. The molecule has 0 radical (unpaired) electrons. The predicted octanol–water partition coefficient (Wildman–Crippen LogP) is 4.17. The zero-order chi connectivity index (χ0) is 32.2. The Morgan fingerprint density at radius 1 is 1.09 bits per heavy atom. The number of ether oxygens (including phenoxy) is 2. The van der Waals surface area contributed by atoms with Crippen molar-refractivity contribution in [2.45, 2.75) is 11.9 Å². The number of methoxy groups -OCH3 is 1. The minimum atomic E-state index is -5.08. The molecule has 44 heavy (non-hydrogen) atoms. The highest BCUT2D eigenvalue weighted by Gasteiger charge is 2.50. The number of carboxylic acid groups (broad SMARTS) is 1. The third-order valence-corrected chi connectivity index (χ3v) is 6.48. The van der Waals surface area contributed by atoms with Crippen LogP contribution in [0.25, 0.3) is 11.0 Å². The van der Waals surface area contributed by atoms with Gasteiger partial charge in [0.25, 0.3) is 5.91 Å². The number of carbonyl (C=O) groups is 3. The number of aliphatic hydroxyl groups is 1. The standard InChI is InChI=1S/C27H27N5O5.C2HF3O2/c1-31(2)13-14-37-19-8-6-7-18(16-19)32-24(33)20-9-4-5-10-21(20)27(32,35)17-11-12-22-23(15-17)29-25(28-22)30-26(34)36-3;3-2(4,5)1(6)7/h4-12,15-16,35H,13-14H2,1-3H3,(H2,28,29,30,34);(H,6,7). The molecule has 0 saturated heterocycles. The van der Waals surface area contributed by atoms with Crippen LogP contribution in [-0.2, 0) is 15.3 Å². The van der Waals surface area contributed by atoms with Crippen LogP contribution in [0.5, 0.6) is 5.75 Å². The molecule has 5 rings (SSSR count). The molecule has 1 aliphatic heterocycles. The number of likely N-dealkylation sites (N-methyl/N-ethyl adjacent to an activating group) is 1. The summed E-state index contributed by atoms with van der Waals surface area (Å²) >= 11 is 0. The molecule has 232 valence electrons. The van der Waals surface area contributed by atoms with Crippen molar-refractivity contribution in [3.63, 3.8) is 0 Å². The van der Waals surface area contributed by atoms with Gasteiger partial charge >= 0.3 is 18.2 Å². The molecule has 0 bridgehead atoms. The van der Waals surface area contributed by atoms with Gasteiger partial charge < -0.3 is 29.6 Å². The van der Waals surface area contributed by atoms with E-state index in [4.69, 9.17) is 14.6 Å². The van der Waals surface area contributed by atoms with Crippen molar-refractivity contribution in [1.29, 1.82) is 0 Å². The number of anilines is 2. The number of aromatic nitrogens is 2. The Morgan fingerprint density at radius 3 is 2.45 bits per heavy atom. The van der Waals surface area contributed by atoms with Crippen molar-refractivity contribution in [2.24, 2.45) is 0 Å². The van der Waals surface area contributed by atoms with E-state index in [1.165, 1.54) is 12.0 Å². The lowest BCUT2D eigenvalue weighted by Crippen LogP contribution is -2.45. The second-order valence-corrected chi connectivity index (χ2v) is 9.74. The van der Waals surface area contributed by atoms with Crippen LogP contribution in [-0.4, -0.2) is 83.6 Å². The first-order valence-corrected chi connectivity index (χ1v) is 12.9. The SMILES string of the molecule is COC(=O)Nc1nc2ccc(C3(O)c4ccccc4C(=O)N3c3cccc(OCCN(C)C)c3)cc2[nH]1.O=C(O)C(F)(F)F. The average molecular weight is 616 g/mol. The first-order valence-electron chi connectivity index (χ1n) is 12.9. The van der Waals surface area contributed by atoms with Gasteiger partial charge in [0.05, 0.1) is 23.8 Å². The summed E-state index contributed by atoms with van der Waals surface area (Å²) in [7, 11) is 5.19. The summed E-state index contributed by atoms with van der Waals surface area (Å²) in [5.41, 5.74) is 1.14. The van der Waals surface area contributed by atoms with Crippen molar-refractivity contribution < 1.29 is 47.2 Å². The molecule has 1 aliphatic rings. The van der Waals surface area contributed by atoms with Gasteiger partial charge in [0.1, 0.15) is 12.4 Å². The molecule has 15 heteroatoms. The molecule has 0 saturated carbocycles. The number of imidazole rings is 1. The highest BCUT2D eigenvalue weighted by atomic mass is 19.4. The molecule has 2 amide bonds. The largest absolute Gasteiger partial charge is 0.492 e. The topological polar surface area (TPSA) is 157 Å². The first-order chi connectivity index (χ1) is 20.7. The van der Waals surface area contributed by atoms with Gasteiger partial charge in [-0.05, 0) is 44.4 Å². The van der Waals surface area contributed by atoms with E-state index in [2.05, 4.69) is 20.0 Å². The number of alkyl halides is 3. The minimum Gasteiger partial charge on any atom is -0.492 e. The van der Waals surface area contributed by atoms with E-state index in [9.17, 15) is 27.9 Å². The third-order valence-electron chi connectivity index (χ3n) is 6.48. The Labute approximate surface area is 248 Å². The van der Waals surface area contributed by atoms with Crippen LogP contribution >= 0.6 is 0 Å². The second-order valence-electron chi connectivity index (χ2n) is 9.74. The lowest BCUT2D eigenvalue weighted by atomic mass is 9.93. The average Bonchev–Trinajstić information content (AvgIpc) is 3.48. The Bertz CT molecular complexity index is 1690. The molecule has 4 aromatic rings. The molecule has 12 nitrogen and oxygen atoms in total. The number of carbonyl (C=O) groups excluding carboxylic acids is 2. The lowest BCUT2D eigenvalue weighted by Gasteiger charge is -2.35. The summed E-state index contributed by atoms with van der Waals surface area (Å²) in [4.78, 5) is 44.9. The van der Waals surface area contributed by atoms with Gasteiger partial charge in [-0.1, -0.05) is 30.3 Å². The zero-order valence-corrected chi connectivity index (χ0v) is 23.7. The number of hydrogen-bond acceptors (Lipinski definition) is 8. The summed E-state index contributed by atoms with van der Waals surface area (Å²) < 4.78 is 42.2. The van der Waals surface area contributed by atoms with Gasteiger partial charge in [0.2, 0.25) is 5.95 Å². The number of halogens is 3. The van der Waals surface area contributed by atoms with E-state index in [0.717, 1.165) is 6.54 Å². The van der Waals surface area contributed by atoms with Gasteiger partial charge in [0.15, 0.2) is 5.72 Å². The van der Waals surface area contributed by atoms with Crippen molar-refractivity contribution >= 4 is 40.6 Å². The molecule has 4 N–H and O–H groups in total. The number of benzene rings is 3. The molecule has 3 aromatic carbocycles. The molecule has 0 spiro atoms. The fourth-order valence-electron chi connectivity index (χ4n) is 4.44. The summed E-state index contributed by atoms with van der Waals surface area (Å²) in [6.45, 7) is 1.21. The summed E-state index contributed by atoms with van der Waals surface area (Å²) in [6.07, 6.45) is -5.74. The van der Waals surface area contributed by atoms with Gasteiger partial charge in [-0.15, -0.1) is 0 Å². The van der Waals surface area contributed by atoms with Crippen molar-refractivity contribution in [3.05, 3.63) is 83.4 Å². The van der Waals surface area contributed by atoms with Crippen LogP contribution in [0, 0.1) is 0 Å². The van der Waals surface area contributed by atoms with Crippen LogP contribution < -0.4 is 15.0 Å². The molecule has 1 atom stereocenters. The molecule has 1 unspecified atom stereocenters. The number of aromatic amines is 1. The van der Waals surface area contributed by atoms with E-state index in [0.29, 0.717) is 45.8 Å². The number of amides is 2. The Morgan fingerprint density at radius 2 is 1.80 bits per heavy atom. The number of nitrogens with zero attached hydrogens (tertiary/aromatic N) is 3. The molecule has 0 fully saturated rings. The minimum absolute atomic E-state index is 0.202. The normalized spacial score (nSPS) is 15.9. The van der Waals surface area contributed by atoms with E-state index < -0.39 is 24.0 Å². The maximum Gasteiger partial charge on any atom is 0.490 e. The van der Waals surface area contributed by atoms with Crippen LogP contribution in [0.3, 0.4) is 0 Å². The van der Waals surface area contributed by atoms with E-state index >= 15 is 0 Å². The molecule has 2 heterocycles. The molecule has 1 aromatic heterocycles. The first kappa shape index (κ1) is 31.8. The van der Waals surface area contributed by atoms with Gasteiger partial charge in [-0.2, -0.15) is 13.2 Å². The number of carboxylic acids is 1. The van der Waals surface area contributed by atoms with E-state index in [-0.39, 0.29) is 11.9 Å². The Kier molecular flexibility index (Phi) is 9.11. The second kappa shape index (κ2) is 12.6. The fraction of sp³-hybridized carbons (Fsp3) is 0.241. The number of rotatable bonds is 7. The van der Waals surface area contributed by atoms with Gasteiger partial charge in [0, 0.05) is 29.3 Å². The maximum atomic E-state index is 13.7. The number of nitrogens with one attached hydrogen (secondary N) is 2. The maximum absolute atomic E-state index is 13.7. The third kappa shape index (κ3) is 6.58. The number of fused-ring (bicyclic) bond motifs is 2. The van der Waals surface area contributed by atoms with E-state index in [1.807, 2.05) is 25.1 Å². The van der Waals surface area contributed by atoms with Crippen molar-refractivity contribution in [1.82, 2.24) is 14.9 Å². The fourth-order valence-corrected chi connectivity index (χ4v) is 4.44. The van der Waals surface area contributed by atoms with Gasteiger partial charge in [-0.3, -0.25) is 15.0 Å². The number of hydrogen-bond donors (Lipinski definition) is 4. The number of aliphatic carboxylic acids is 1. The zero-order valence-electron chi connectivity index (χ0n) is 23.7. The summed E-state index contributed by atoms with van der Waals surface area (Å²) in [6, 6.07) is 19.3. The summed E-state index contributed by atoms with van der Waals surface area (Å²) in [5.74, 6) is -2.30. The van der Waals surface area contributed by atoms with Crippen LogP contribution in [0.1, 0.15) is 21.5 Å². The Balaban J connectivity index is 0.000000566. The number of H-pyrrole nitrogens is 1. The van der Waals surface area contributed by atoms with Crippen LogP contribution in [0.2, 0.25) is 0 Å². The van der Waals surface area contributed by atoms with Crippen LogP contribution in [0.4, 0.5) is 29.6 Å². The predicted molar refractivity (Wildman–Crippen MR) is 153 cm³/mol. The summed E-state index contributed by atoms with van der Waals surface area (Å²) in [5, 5.41) is 21.9. The van der Waals surface area contributed by atoms with E-state index in [1.54, 1.807) is 60.7 Å². The lowest BCUT2D eigenvalue weighted by molar-refractivity contribution is -0.192. The van der Waals surface area contributed by atoms with Crippen LogP contribution in [0.15, 0.2) is 66.7 Å². The highest BCUT2D eigenvalue weighted by Crippen LogP contribution is 2.45. The highest BCUT2D eigenvalue weighted by molar-refractivity contribution is 6.12. The molecular weight excluding hydrogens is 587 g/mol. The smallest absolute Gasteiger partial charge is 0.490 e.